The summed E-state index contributed by atoms with van der Waals surface area (Å²) in [6, 6.07) is 14.2. The van der Waals surface area contributed by atoms with E-state index in [1.165, 1.54) is 4.70 Å². The molecule has 1 aromatic heterocycles. The van der Waals surface area contributed by atoms with Crippen LogP contribution in [-0.4, -0.2) is 4.98 Å². The molecule has 0 fully saturated rings. The molecule has 3 heteroatoms. The minimum Gasteiger partial charge on any atom is -0.398 e. The fourth-order valence-corrected chi connectivity index (χ4v) is 2.92. The van der Waals surface area contributed by atoms with Crippen LogP contribution in [0.3, 0.4) is 0 Å². The number of aromatic nitrogens is 1. The number of benzene rings is 2. The van der Waals surface area contributed by atoms with Gasteiger partial charge in [0.2, 0.25) is 0 Å². The lowest BCUT2D eigenvalue weighted by Crippen LogP contribution is -1.91. The second kappa shape index (κ2) is 3.86. The van der Waals surface area contributed by atoms with Gasteiger partial charge in [0.1, 0.15) is 5.01 Å². The maximum absolute atomic E-state index is 5.93. The first-order valence-corrected chi connectivity index (χ1v) is 6.28. The van der Waals surface area contributed by atoms with Crippen molar-refractivity contribution in [1.82, 2.24) is 4.98 Å². The van der Waals surface area contributed by atoms with Crippen LogP contribution in [0.5, 0.6) is 0 Å². The van der Waals surface area contributed by atoms with E-state index >= 15 is 0 Å². The van der Waals surface area contributed by atoms with E-state index in [1.807, 2.05) is 37.3 Å². The molecule has 0 aliphatic rings. The first-order valence-electron chi connectivity index (χ1n) is 5.47. The van der Waals surface area contributed by atoms with Gasteiger partial charge in [-0.1, -0.05) is 24.3 Å². The molecule has 0 bridgehead atoms. The Hall–Kier alpha value is -1.87. The second-order valence-electron chi connectivity index (χ2n) is 4.01. The van der Waals surface area contributed by atoms with E-state index in [2.05, 4.69) is 17.1 Å². The molecule has 0 spiro atoms. The van der Waals surface area contributed by atoms with Gasteiger partial charge in [-0.15, -0.1) is 11.3 Å². The predicted molar refractivity (Wildman–Crippen MR) is 74.2 cm³/mol. The maximum atomic E-state index is 5.93. The molecule has 0 atom stereocenters. The highest BCUT2D eigenvalue weighted by atomic mass is 32.1. The number of nitrogen functional groups attached to an aromatic ring is 1. The monoisotopic (exact) mass is 240 g/mol. The summed E-state index contributed by atoms with van der Waals surface area (Å²) in [5, 5.41) is 1.04. The van der Waals surface area contributed by atoms with Crippen molar-refractivity contribution in [3.8, 4) is 10.6 Å². The second-order valence-corrected chi connectivity index (χ2v) is 5.04. The molecule has 2 N–H and O–H groups in total. The number of rotatable bonds is 1. The minimum atomic E-state index is 0.821. The predicted octanol–water partition coefficient (Wildman–Crippen LogP) is 3.85. The third-order valence-electron chi connectivity index (χ3n) is 2.90. The van der Waals surface area contributed by atoms with Crippen LogP contribution >= 0.6 is 11.3 Å². The Bertz CT molecular complexity index is 653. The van der Waals surface area contributed by atoms with Crippen molar-refractivity contribution in [3.05, 3.63) is 48.0 Å². The molecule has 3 rings (SSSR count). The number of hydrogen-bond acceptors (Lipinski definition) is 3. The van der Waals surface area contributed by atoms with Crippen LogP contribution in [-0.2, 0) is 0 Å². The van der Waals surface area contributed by atoms with Crippen molar-refractivity contribution < 1.29 is 0 Å². The SMILES string of the molecule is Cc1c(N)cccc1-c1nc2ccccc2s1. The summed E-state index contributed by atoms with van der Waals surface area (Å²) < 4.78 is 1.21. The molecule has 0 aliphatic heterocycles. The van der Waals surface area contributed by atoms with Crippen LogP contribution in [0.25, 0.3) is 20.8 Å². The molecule has 84 valence electrons. The summed E-state index contributed by atoms with van der Waals surface area (Å²) in [6.45, 7) is 2.04. The summed E-state index contributed by atoms with van der Waals surface area (Å²) >= 11 is 1.71. The van der Waals surface area contributed by atoms with Crippen LogP contribution in [0.2, 0.25) is 0 Å². The van der Waals surface area contributed by atoms with Gasteiger partial charge in [0, 0.05) is 11.3 Å². The Morgan fingerprint density at radius 2 is 1.88 bits per heavy atom. The van der Waals surface area contributed by atoms with E-state index in [9.17, 15) is 0 Å². The number of fused-ring (bicyclic) bond motifs is 1. The summed E-state index contributed by atoms with van der Waals surface area (Å²) in [7, 11) is 0. The topological polar surface area (TPSA) is 38.9 Å². The highest BCUT2D eigenvalue weighted by molar-refractivity contribution is 7.21. The number of thiazole rings is 1. The Balaban J connectivity index is 2.24. The molecule has 0 unspecified atom stereocenters. The molecule has 0 saturated heterocycles. The summed E-state index contributed by atoms with van der Waals surface area (Å²) in [4.78, 5) is 4.65. The highest BCUT2D eigenvalue weighted by Gasteiger charge is 2.09. The van der Waals surface area contributed by atoms with Gasteiger partial charge in [0.15, 0.2) is 0 Å². The average molecular weight is 240 g/mol. The third-order valence-corrected chi connectivity index (χ3v) is 3.97. The zero-order chi connectivity index (χ0) is 11.8. The van der Waals surface area contributed by atoms with E-state index in [-0.39, 0.29) is 0 Å². The van der Waals surface area contributed by atoms with Crippen LogP contribution in [0.4, 0.5) is 5.69 Å². The van der Waals surface area contributed by atoms with Crippen LogP contribution in [0, 0.1) is 6.92 Å². The molecular formula is C14H12N2S. The zero-order valence-electron chi connectivity index (χ0n) is 9.47. The van der Waals surface area contributed by atoms with Gasteiger partial charge in [-0.3, -0.25) is 0 Å². The minimum absolute atomic E-state index is 0.821. The van der Waals surface area contributed by atoms with Gasteiger partial charge in [-0.25, -0.2) is 4.98 Å². The van der Waals surface area contributed by atoms with Crippen molar-refractivity contribution in [2.24, 2.45) is 0 Å². The number of nitrogens with zero attached hydrogens (tertiary/aromatic N) is 1. The van der Waals surface area contributed by atoms with Gasteiger partial charge in [0.05, 0.1) is 10.2 Å². The first kappa shape index (κ1) is 10.3. The zero-order valence-corrected chi connectivity index (χ0v) is 10.3. The molecule has 0 saturated carbocycles. The molecule has 1 heterocycles. The molecule has 0 radical (unpaired) electrons. The lowest BCUT2D eigenvalue weighted by atomic mass is 10.1. The Morgan fingerprint density at radius 1 is 1.06 bits per heavy atom. The first-order chi connectivity index (χ1) is 8.25. The third kappa shape index (κ3) is 1.68. The van der Waals surface area contributed by atoms with Crippen molar-refractivity contribution in [1.29, 1.82) is 0 Å². The molecule has 0 aliphatic carbocycles. The molecule has 0 amide bonds. The number of anilines is 1. The summed E-state index contributed by atoms with van der Waals surface area (Å²) in [5.41, 5.74) is 10.0. The molecule has 2 aromatic carbocycles. The van der Waals surface area contributed by atoms with Crippen LogP contribution in [0.15, 0.2) is 42.5 Å². The number of para-hydroxylation sites is 1. The number of nitrogens with two attached hydrogens (primary N) is 1. The van der Waals surface area contributed by atoms with Gasteiger partial charge in [-0.05, 0) is 30.7 Å². The van der Waals surface area contributed by atoms with Gasteiger partial charge in [0.25, 0.3) is 0 Å². The van der Waals surface area contributed by atoms with E-state index < -0.39 is 0 Å². The molecule has 17 heavy (non-hydrogen) atoms. The van der Waals surface area contributed by atoms with E-state index in [0.29, 0.717) is 0 Å². The van der Waals surface area contributed by atoms with Crippen molar-refractivity contribution in [2.75, 3.05) is 5.73 Å². The van der Waals surface area contributed by atoms with Crippen molar-refractivity contribution in [3.63, 3.8) is 0 Å². The molecule has 2 nitrogen and oxygen atoms in total. The lowest BCUT2D eigenvalue weighted by Gasteiger charge is -2.04. The Morgan fingerprint density at radius 3 is 2.71 bits per heavy atom. The van der Waals surface area contributed by atoms with Crippen molar-refractivity contribution >= 4 is 27.2 Å². The fraction of sp³-hybridized carbons (Fsp3) is 0.0714. The Labute approximate surface area is 104 Å². The molecular weight excluding hydrogens is 228 g/mol. The van der Waals surface area contributed by atoms with E-state index in [1.54, 1.807) is 11.3 Å². The van der Waals surface area contributed by atoms with Gasteiger partial charge >= 0.3 is 0 Å². The standard InChI is InChI=1S/C14H12N2S/c1-9-10(5-4-6-11(9)15)14-16-12-7-2-3-8-13(12)17-14/h2-8H,15H2,1H3. The lowest BCUT2D eigenvalue weighted by molar-refractivity contribution is 1.41. The van der Waals surface area contributed by atoms with Crippen LogP contribution < -0.4 is 5.73 Å². The van der Waals surface area contributed by atoms with Gasteiger partial charge in [-0.2, -0.15) is 0 Å². The normalized spacial score (nSPS) is 10.9. The smallest absolute Gasteiger partial charge is 0.124 e. The Kier molecular flexibility index (Phi) is 2.34. The van der Waals surface area contributed by atoms with E-state index in [0.717, 1.165) is 27.3 Å². The van der Waals surface area contributed by atoms with Crippen molar-refractivity contribution in [2.45, 2.75) is 6.92 Å². The largest absolute Gasteiger partial charge is 0.398 e. The summed E-state index contributed by atoms with van der Waals surface area (Å²) in [5.74, 6) is 0. The average Bonchev–Trinajstić information content (AvgIpc) is 2.76. The maximum Gasteiger partial charge on any atom is 0.124 e. The molecule has 3 aromatic rings. The number of hydrogen-bond donors (Lipinski definition) is 1. The summed E-state index contributed by atoms with van der Waals surface area (Å²) in [6.07, 6.45) is 0. The van der Waals surface area contributed by atoms with E-state index in [4.69, 9.17) is 5.73 Å². The highest BCUT2D eigenvalue weighted by Crippen LogP contribution is 2.33. The fourth-order valence-electron chi connectivity index (χ4n) is 1.87. The van der Waals surface area contributed by atoms with Crippen LogP contribution in [0.1, 0.15) is 5.56 Å². The quantitative estimate of drug-likeness (QED) is 0.656. The van der Waals surface area contributed by atoms with Gasteiger partial charge < -0.3 is 5.73 Å².